The molecule has 144 valence electrons. The molecule has 0 N–H and O–H groups in total. The second-order valence-corrected chi connectivity index (χ2v) is 6.35. The molecule has 0 fully saturated rings. The summed E-state index contributed by atoms with van der Waals surface area (Å²) < 4.78 is 10.2. The van der Waals surface area contributed by atoms with Gasteiger partial charge in [0.2, 0.25) is 0 Å². The van der Waals surface area contributed by atoms with Crippen LogP contribution in [0.3, 0.4) is 0 Å². The van der Waals surface area contributed by atoms with Gasteiger partial charge in [0, 0.05) is 6.08 Å². The molecule has 0 radical (unpaired) electrons. The number of ether oxygens (including phenoxy) is 2. The van der Waals surface area contributed by atoms with Crippen molar-refractivity contribution in [3.8, 4) is 0 Å². The Bertz CT molecular complexity index is 401. The van der Waals surface area contributed by atoms with Crippen LogP contribution >= 0.6 is 0 Å². The fourth-order valence-electron chi connectivity index (χ4n) is 2.67. The van der Waals surface area contributed by atoms with Crippen LogP contribution in [-0.2, 0) is 19.1 Å². The van der Waals surface area contributed by atoms with Gasteiger partial charge in [0.15, 0.2) is 0 Å². The average Bonchev–Trinajstić information content (AvgIpc) is 2.61. The van der Waals surface area contributed by atoms with E-state index in [9.17, 15) is 9.59 Å². The van der Waals surface area contributed by atoms with Crippen LogP contribution in [-0.4, -0.2) is 24.6 Å². The maximum atomic E-state index is 11.8. The standard InChI is InChI=1S/C21H36O4/c1-5-8-9-10-11-12-13-14-15-16-17-19(25-20(22)6-2)18(4)21(23)24-7-3/h6,19H,2,4-5,7-17H2,1,3H3. The number of esters is 2. The number of rotatable bonds is 16. The van der Waals surface area contributed by atoms with E-state index in [0.717, 1.165) is 18.9 Å². The molecule has 0 heterocycles. The third kappa shape index (κ3) is 12.4. The van der Waals surface area contributed by atoms with E-state index in [1.807, 2.05) is 0 Å². The molecule has 0 aromatic carbocycles. The van der Waals surface area contributed by atoms with Crippen LogP contribution in [0.1, 0.15) is 84.5 Å². The molecule has 1 unspecified atom stereocenters. The van der Waals surface area contributed by atoms with E-state index < -0.39 is 18.0 Å². The van der Waals surface area contributed by atoms with Gasteiger partial charge < -0.3 is 9.47 Å². The number of hydrogen-bond acceptors (Lipinski definition) is 4. The molecular weight excluding hydrogens is 316 g/mol. The van der Waals surface area contributed by atoms with Gasteiger partial charge in [-0.2, -0.15) is 0 Å². The highest BCUT2D eigenvalue weighted by atomic mass is 16.6. The minimum absolute atomic E-state index is 0.202. The molecule has 4 nitrogen and oxygen atoms in total. The normalized spacial score (nSPS) is 11.6. The second kappa shape index (κ2) is 15.9. The van der Waals surface area contributed by atoms with Gasteiger partial charge in [0.05, 0.1) is 12.2 Å². The Kier molecular flexibility index (Phi) is 14.9. The van der Waals surface area contributed by atoms with E-state index in [0.29, 0.717) is 6.42 Å². The molecule has 0 aliphatic carbocycles. The van der Waals surface area contributed by atoms with Gasteiger partial charge in [0.25, 0.3) is 0 Å². The largest absolute Gasteiger partial charge is 0.463 e. The van der Waals surface area contributed by atoms with Gasteiger partial charge in [0.1, 0.15) is 6.10 Å². The van der Waals surface area contributed by atoms with Gasteiger partial charge in [-0.3, -0.25) is 0 Å². The lowest BCUT2D eigenvalue weighted by atomic mass is 10.0. The van der Waals surface area contributed by atoms with Crippen LogP contribution in [0.25, 0.3) is 0 Å². The second-order valence-electron chi connectivity index (χ2n) is 6.35. The van der Waals surface area contributed by atoms with E-state index in [2.05, 4.69) is 20.1 Å². The molecule has 1 atom stereocenters. The summed E-state index contributed by atoms with van der Waals surface area (Å²) in [4.78, 5) is 23.3. The van der Waals surface area contributed by atoms with Crippen molar-refractivity contribution >= 4 is 11.9 Å². The van der Waals surface area contributed by atoms with Crippen LogP contribution in [0.2, 0.25) is 0 Å². The first kappa shape index (κ1) is 23.4. The smallest absolute Gasteiger partial charge is 0.337 e. The fourth-order valence-corrected chi connectivity index (χ4v) is 2.67. The maximum absolute atomic E-state index is 11.8. The van der Waals surface area contributed by atoms with E-state index in [1.165, 1.54) is 51.4 Å². The highest BCUT2D eigenvalue weighted by Crippen LogP contribution is 2.17. The summed E-state index contributed by atoms with van der Waals surface area (Å²) in [5, 5.41) is 0. The quantitative estimate of drug-likeness (QED) is 0.209. The summed E-state index contributed by atoms with van der Waals surface area (Å²) in [7, 11) is 0. The Hall–Kier alpha value is -1.58. The van der Waals surface area contributed by atoms with Crippen molar-refractivity contribution in [3.05, 3.63) is 24.8 Å². The summed E-state index contributed by atoms with van der Waals surface area (Å²) in [6, 6.07) is 0. The SMILES string of the molecule is C=CC(=O)OC(CCCCCCCCCCCC)C(=C)C(=O)OCC. The highest BCUT2D eigenvalue weighted by molar-refractivity contribution is 5.90. The third-order valence-corrected chi connectivity index (χ3v) is 4.17. The van der Waals surface area contributed by atoms with Crippen molar-refractivity contribution < 1.29 is 19.1 Å². The Morgan fingerprint density at radius 1 is 0.920 bits per heavy atom. The van der Waals surface area contributed by atoms with Crippen molar-refractivity contribution in [2.45, 2.75) is 90.6 Å². The molecule has 0 saturated heterocycles. The molecule has 0 rings (SSSR count). The van der Waals surface area contributed by atoms with E-state index in [-0.39, 0.29) is 12.2 Å². The van der Waals surface area contributed by atoms with Crippen LogP contribution in [0.4, 0.5) is 0 Å². The molecule has 0 aromatic rings. The van der Waals surface area contributed by atoms with Crippen molar-refractivity contribution in [3.63, 3.8) is 0 Å². The monoisotopic (exact) mass is 352 g/mol. The molecule has 0 aromatic heterocycles. The molecule has 0 bridgehead atoms. The number of unbranched alkanes of at least 4 members (excludes halogenated alkanes) is 9. The molecule has 0 saturated carbocycles. The first-order valence-corrected chi connectivity index (χ1v) is 9.75. The maximum Gasteiger partial charge on any atom is 0.337 e. The third-order valence-electron chi connectivity index (χ3n) is 4.17. The minimum Gasteiger partial charge on any atom is -0.463 e. The lowest BCUT2D eigenvalue weighted by molar-refractivity contribution is -0.145. The summed E-state index contributed by atoms with van der Waals surface area (Å²) in [6.07, 6.45) is 13.4. The number of hydrogen-bond donors (Lipinski definition) is 0. The van der Waals surface area contributed by atoms with Crippen LogP contribution in [0.5, 0.6) is 0 Å². The van der Waals surface area contributed by atoms with Crippen LogP contribution in [0.15, 0.2) is 24.8 Å². The van der Waals surface area contributed by atoms with Crippen LogP contribution < -0.4 is 0 Å². The molecule has 0 aliphatic heterocycles. The Balaban J connectivity index is 4.02. The Labute approximate surface area is 153 Å². The summed E-state index contributed by atoms with van der Waals surface area (Å²) >= 11 is 0. The Morgan fingerprint density at radius 2 is 1.44 bits per heavy atom. The zero-order chi connectivity index (χ0) is 18.9. The average molecular weight is 353 g/mol. The van der Waals surface area contributed by atoms with Crippen molar-refractivity contribution in [1.82, 2.24) is 0 Å². The zero-order valence-electron chi connectivity index (χ0n) is 16.2. The predicted octanol–water partition coefficient (Wildman–Crippen LogP) is 5.51. The minimum atomic E-state index is -0.626. The molecule has 0 amide bonds. The number of carbonyl (C=O) groups is 2. The summed E-state index contributed by atoms with van der Waals surface area (Å²) in [5.74, 6) is -1.04. The lowest BCUT2D eigenvalue weighted by Crippen LogP contribution is -2.25. The summed E-state index contributed by atoms with van der Waals surface area (Å²) in [6.45, 7) is 11.4. The molecular formula is C21H36O4. The molecule has 25 heavy (non-hydrogen) atoms. The van der Waals surface area contributed by atoms with Gasteiger partial charge in [-0.25, -0.2) is 9.59 Å². The number of carbonyl (C=O) groups excluding carboxylic acids is 2. The van der Waals surface area contributed by atoms with Crippen molar-refractivity contribution in [2.75, 3.05) is 6.61 Å². The van der Waals surface area contributed by atoms with E-state index >= 15 is 0 Å². The van der Waals surface area contributed by atoms with Gasteiger partial charge in [-0.1, -0.05) is 77.9 Å². The van der Waals surface area contributed by atoms with Gasteiger partial charge >= 0.3 is 11.9 Å². The van der Waals surface area contributed by atoms with E-state index in [1.54, 1.807) is 6.92 Å². The first-order chi connectivity index (χ1) is 12.1. The zero-order valence-corrected chi connectivity index (χ0v) is 16.2. The highest BCUT2D eigenvalue weighted by Gasteiger charge is 2.22. The van der Waals surface area contributed by atoms with Crippen molar-refractivity contribution in [1.29, 1.82) is 0 Å². The predicted molar refractivity (Wildman–Crippen MR) is 102 cm³/mol. The van der Waals surface area contributed by atoms with Crippen molar-refractivity contribution in [2.24, 2.45) is 0 Å². The van der Waals surface area contributed by atoms with Crippen LogP contribution in [0, 0.1) is 0 Å². The Morgan fingerprint density at radius 3 is 1.92 bits per heavy atom. The molecule has 0 aliphatic rings. The molecule has 0 spiro atoms. The van der Waals surface area contributed by atoms with Gasteiger partial charge in [-0.05, 0) is 19.8 Å². The summed E-state index contributed by atoms with van der Waals surface area (Å²) in [5.41, 5.74) is 0.202. The fraction of sp³-hybridized carbons (Fsp3) is 0.714. The first-order valence-electron chi connectivity index (χ1n) is 9.75. The topological polar surface area (TPSA) is 52.6 Å². The molecule has 4 heteroatoms. The van der Waals surface area contributed by atoms with Gasteiger partial charge in [-0.15, -0.1) is 0 Å². The lowest BCUT2D eigenvalue weighted by Gasteiger charge is -2.18. The van der Waals surface area contributed by atoms with E-state index in [4.69, 9.17) is 9.47 Å².